The molecule has 0 saturated heterocycles. The number of halogens is 3. The monoisotopic (exact) mass is 221 g/mol. The maximum absolute atomic E-state index is 12.1. The highest BCUT2D eigenvalue weighted by molar-refractivity contribution is 8.00. The van der Waals surface area contributed by atoms with E-state index in [4.69, 9.17) is 0 Å². The normalized spacial score (nSPS) is 11.5. The molecule has 5 heteroatoms. The molecule has 1 N–H and O–H groups in total. The Labute approximate surface area is 84.7 Å². The Kier molecular flexibility index (Phi) is 3.31. The zero-order valence-electron chi connectivity index (χ0n) is 7.77. The molecule has 0 bridgehead atoms. The van der Waals surface area contributed by atoms with Gasteiger partial charge in [-0.2, -0.15) is 13.2 Å². The van der Waals surface area contributed by atoms with Gasteiger partial charge < -0.3 is 5.32 Å². The smallest absolute Gasteiger partial charge is 0.387 e. The van der Waals surface area contributed by atoms with Crippen molar-refractivity contribution in [2.45, 2.75) is 17.3 Å². The highest BCUT2D eigenvalue weighted by atomic mass is 32.2. The molecule has 0 spiro atoms. The van der Waals surface area contributed by atoms with E-state index in [0.29, 0.717) is 5.69 Å². The molecule has 0 amide bonds. The van der Waals surface area contributed by atoms with Crippen molar-refractivity contribution < 1.29 is 13.2 Å². The van der Waals surface area contributed by atoms with Crippen LogP contribution in [0.15, 0.2) is 23.1 Å². The molecule has 0 heterocycles. The number of alkyl halides is 3. The molecule has 0 aliphatic heterocycles. The van der Waals surface area contributed by atoms with Crippen LogP contribution in [0, 0.1) is 6.92 Å². The Hall–Kier alpha value is -0.840. The second kappa shape index (κ2) is 4.13. The highest BCUT2D eigenvalue weighted by Gasteiger charge is 2.30. The van der Waals surface area contributed by atoms with Gasteiger partial charge in [0.2, 0.25) is 0 Å². The van der Waals surface area contributed by atoms with E-state index in [1.54, 1.807) is 26.1 Å². The van der Waals surface area contributed by atoms with Crippen LogP contribution in [0.3, 0.4) is 0 Å². The van der Waals surface area contributed by atoms with Gasteiger partial charge in [-0.1, -0.05) is 6.07 Å². The molecule has 0 aliphatic rings. The molecule has 14 heavy (non-hydrogen) atoms. The highest BCUT2D eigenvalue weighted by Crippen LogP contribution is 2.40. The van der Waals surface area contributed by atoms with Gasteiger partial charge in [-0.25, -0.2) is 0 Å². The number of aryl methyl sites for hydroxylation is 1. The molecule has 0 fully saturated rings. The summed E-state index contributed by atoms with van der Waals surface area (Å²) >= 11 is -0.0964. The second-order valence-electron chi connectivity index (χ2n) is 2.80. The molecule has 1 aromatic rings. The van der Waals surface area contributed by atoms with E-state index in [1.165, 1.54) is 6.07 Å². The van der Waals surface area contributed by atoms with Crippen LogP contribution >= 0.6 is 11.8 Å². The molecular weight excluding hydrogens is 211 g/mol. The quantitative estimate of drug-likeness (QED) is 0.765. The number of rotatable bonds is 2. The lowest BCUT2D eigenvalue weighted by molar-refractivity contribution is -0.0327. The Morgan fingerprint density at radius 3 is 2.43 bits per heavy atom. The van der Waals surface area contributed by atoms with Crippen molar-refractivity contribution in [1.82, 2.24) is 0 Å². The molecule has 1 aromatic carbocycles. The van der Waals surface area contributed by atoms with Gasteiger partial charge in [0.05, 0.1) is 0 Å². The van der Waals surface area contributed by atoms with Gasteiger partial charge in [-0.05, 0) is 36.4 Å². The summed E-state index contributed by atoms with van der Waals surface area (Å²) < 4.78 is 36.4. The molecule has 0 aliphatic carbocycles. The summed E-state index contributed by atoms with van der Waals surface area (Å²) in [6, 6.07) is 4.93. The molecule has 0 atom stereocenters. The fourth-order valence-corrected chi connectivity index (χ4v) is 1.82. The van der Waals surface area contributed by atoms with Gasteiger partial charge in [0.1, 0.15) is 0 Å². The third-order valence-electron chi connectivity index (χ3n) is 1.63. The van der Waals surface area contributed by atoms with Crippen molar-refractivity contribution >= 4 is 17.4 Å². The zero-order chi connectivity index (χ0) is 10.8. The lowest BCUT2D eigenvalue weighted by Crippen LogP contribution is -2.01. The molecule has 0 aromatic heterocycles. The number of hydrogen-bond donors (Lipinski definition) is 1. The third-order valence-corrected chi connectivity index (χ3v) is 2.42. The first kappa shape index (κ1) is 11.2. The van der Waals surface area contributed by atoms with E-state index in [2.05, 4.69) is 5.32 Å². The maximum atomic E-state index is 12.1. The molecule has 0 radical (unpaired) electrons. The van der Waals surface area contributed by atoms with E-state index >= 15 is 0 Å². The summed E-state index contributed by atoms with van der Waals surface area (Å²) in [6.45, 7) is 1.76. The number of thioether (sulfide) groups is 1. The molecule has 1 rings (SSSR count). The largest absolute Gasteiger partial charge is 0.446 e. The van der Waals surface area contributed by atoms with Crippen molar-refractivity contribution in [3.8, 4) is 0 Å². The topological polar surface area (TPSA) is 12.0 Å². The Bertz CT molecular complexity index is 322. The fraction of sp³-hybridized carbons (Fsp3) is 0.333. The summed E-state index contributed by atoms with van der Waals surface area (Å²) in [6.07, 6.45) is 0. The predicted molar refractivity (Wildman–Crippen MR) is 52.6 cm³/mol. The summed E-state index contributed by atoms with van der Waals surface area (Å²) in [5, 5.41) is 2.72. The van der Waals surface area contributed by atoms with Crippen LogP contribution in [-0.4, -0.2) is 12.6 Å². The lowest BCUT2D eigenvalue weighted by Gasteiger charge is -2.11. The van der Waals surface area contributed by atoms with Crippen molar-refractivity contribution in [3.05, 3.63) is 23.8 Å². The van der Waals surface area contributed by atoms with Gasteiger partial charge in [0.25, 0.3) is 0 Å². The number of anilines is 1. The van der Waals surface area contributed by atoms with E-state index in [9.17, 15) is 13.2 Å². The van der Waals surface area contributed by atoms with Crippen molar-refractivity contribution in [2.24, 2.45) is 0 Å². The Morgan fingerprint density at radius 1 is 1.29 bits per heavy atom. The fourth-order valence-electron chi connectivity index (χ4n) is 1.05. The SMILES string of the molecule is CNc1ccc(C)cc1SC(F)(F)F. The van der Waals surface area contributed by atoms with Crippen LogP contribution in [0.5, 0.6) is 0 Å². The number of nitrogens with one attached hydrogen (secondary N) is 1. The zero-order valence-corrected chi connectivity index (χ0v) is 8.59. The van der Waals surface area contributed by atoms with Crippen LogP contribution in [0.2, 0.25) is 0 Å². The Balaban J connectivity index is 2.99. The van der Waals surface area contributed by atoms with Crippen molar-refractivity contribution in [3.63, 3.8) is 0 Å². The molecule has 78 valence electrons. The average Bonchev–Trinajstić information content (AvgIpc) is 2.01. The summed E-state index contributed by atoms with van der Waals surface area (Å²) in [5.74, 6) is 0. The number of hydrogen-bond acceptors (Lipinski definition) is 2. The van der Waals surface area contributed by atoms with E-state index < -0.39 is 5.51 Å². The van der Waals surface area contributed by atoms with Crippen LogP contribution in [0.4, 0.5) is 18.9 Å². The van der Waals surface area contributed by atoms with Crippen LogP contribution in [0.1, 0.15) is 5.56 Å². The van der Waals surface area contributed by atoms with E-state index in [-0.39, 0.29) is 16.7 Å². The standard InChI is InChI=1S/C9H10F3NS/c1-6-3-4-7(13-2)8(5-6)14-9(10,11)12/h3-5,13H,1-2H3. The first-order valence-electron chi connectivity index (χ1n) is 3.96. The van der Waals surface area contributed by atoms with Gasteiger partial charge >= 0.3 is 5.51 Å². The van der Waals surface area contributed by atoms with Crippen molar-refractivity contribution in [2.75, 3.05) is 12.4 Å². The third kappa shape index (κ3) is 3.14. The lowest BCUT2D eigenvalue weighted by atomic mass is 10.2. The number of benzene rings is 1. The molecule has 0 saturated carbocycles. The van der Waals surface area contributed by atoms with E-state index in [1.807, 2.05) is 0 Å². The molecule has 1 nitrogen and oxygen atoms in total. The maximum Gasteiger partial charge on any atom is 0.446 e. The predicted octanol–water partition coefficient (Wildman–Crippen LogP) is 3.65. The second-order valence-corrected chi connectivity index (χ2v) is 3.90. The van der Waals surface area contributed by atoms with Gasteiger partial charge in [0.15, 0.2) is 0 Å². The van der Waals surface area contributed by atoms with E-state index in [0.717, 1.165) is 5.56 Å². The minimum atomic E-state index is -4.24. The average molecular weight is 221 g/mol. The van der Waals surface area contributed by atoms with Crippen LogP contribution in [0.25, 0.3) is 0 Å². The minimum absolute atomic E-state index is 0.0964. The first-order valence-corrected chi connectivity index (χ1v) is 4.78. The summed E-state index contributed by atoms with van der Waals surface area (Å²) in [5.41, 5.74) is -2.92. The van der Waals surface area contributed by atoms with Gasteiger partial charge in [-0.3, -0.25) is 0 Å². The van der Waals surface area contributed by atoms with Gasteiger partial charge in [0, 0.05) is 17.6 Å². The summed E-state index contributed by atoms with van der Waals surface area (Å²) in [7, 11) is 1.60. The minimum Gasteiger partial charge on any atom is -0.387 e. The summed E-state index contributed by atoms with van der Waals surface area (Å²) in [4.78, 5) is 0.208. The molecular formula is C9H10F3NS. The van der Waals surface area contributed by atoms with Crippen LogP contribution < -0.4 is 5.32 Å². The van der Waals surface area contributed by atoms with Crippen molar-refractivity contribution in [1.29, 1.82) is 0 Å². The molecule has 0 unspecified atom stereocenters. The Morgan fingerprint density at radius 2 is 1.93 bits per heavy atom. The van der Waals surface area contributed by atoms with Gasteiger partial charge in [-0.15, -0.1) is 0 Å². The first-order chi connectivity index (χ1) is 6.42. The van der Waals surface area contributed by atoms with Crippen LogP contribution in [-0.2, 0) is 0 Å².